The predicted octanol–water partition coefficient (Wildman–Crippen LogP) is 5.83. The van der Waals surface area contributed by atoms with Gasteiger partial charge in [0, 0.05) is 6.61 Å². The summed E-state index contributed by atoms with van der Waals surface area (Å²) in [7, 11) is 0.889. The minimum absolute atomic E-state index is 0.0461. The first-order chi connectivity index (χ1) is 20.3. The number of aliphatic hydroxyl groups excluding tert-OH is 1. The molecule has 1 aliphatic rings. The van der Waals surface area contributed by atoms with Crippen LogP contribution in [-0.2, 0) is 21.2 Å². The van der Waals surface area contributed by atoms with Crippen LogP contribution in [0.2, 0.25) is 0 Å². The van der Waals surface area contributed by atoms with Crippen LogP contribution in [0.1, 0.15) is 61.5 Å². The summed E-state index contributed by atoms with van der Waals surface area (Å²) >= 11 is 0. The molecule has 0 radical (unpaired) electrons. The summed E-state index contributed by atoms with van der Waals surface area (Å²) in [5.74, 6) is 1.88. The van der Waals surface area contributed by atoms with Crippen molar-refractivity contribution in [2.45, 2.75) is 56.3 Å². The summed E-state index contributed by atoms with van der Waals surface area (Å²) in [6, 6.07) is 16.8. The van der Waals surface area contributed by atoms with Crippen LogP contribution in [0.3, 0.4) is 0 Å². The van der Waals surface area contributed by atoms with E-state index in [1.54, 1.807) is 27.4 Å². The Kier molecular flexibility index (Phi) is 11.0. The van der Waals surface area contributed by atoms with Gasteiger partial charge in [0.05, 0.1) is 45.9 Å². The third-order valence-electron chi connectivity index (χ3n) is 7.09. The van der Waals surface area contributed by atoms with Gasteiger partial charge < -0.3 is 33.5 Å². The van der Waals surface area contributed by atoms with E-state index in [1.165, 1.54) is 0 Å². The lowest BCUT2D eigenvalue weighted by Gasteiger charge is -2.21. The molecule has 0 amide bonds. The molecule has 0 aromatic heterocycles. The van der Waals surface area contributed by atoms with E-state index >= 15 is 0 Å². The van der Waals surface area contributed by atoms with Crippen molar-refractivity contribution >= 4 is 9.84 Å². The van der Waals surface area contributed by atoms with Gasteiger partial charge in [-0.25, -0.2) is 8.42 Å². The molecule has 228 valence electrons. The average molecular weight is 601 g/mol. The first-order valence-corrected chi connectivity index (χ1v) is 15.8. The number of aliphatic hydroxyl groups is 1. The second-order valence-corrected chi connectivity index (χ2v) is 12.1. The monoisotopic (exact) mass is 600 g/mol. The highest BCUT2D eigenvalue weighted by molar-refractivity contribution is 7.91. The Bertz CT molecular complexity index is 1400. The van der Waals surface area contributed by atoms with Crippen LogP contribution in [0.25, 0.3) is 0 Å². The Balaban J connectivity index is 1.72. The molecule has 2 atom stereocenters. The SMILES string of the molecule is CCCOc1c(OCc2ccccc2)cc(C2CCC(c3cc(OC)c(OC)c(OC)c3)O2)cc1S(=O)(=O)CCCO. The molecule has 3 aromatic rings. The molecule has 4 rings (SSSR count). The molecule has 9 nitrogen and oxygen atoms in total. The van der Waals surface area contributed by atoms with Gasteiger partial charge in [-0.15, -0.1) is 0 Å². The second kappa shape index (κ2) is 14.6. The van der Waals surface area contributed by atoms with Gasteiger partial charge in [0.1, 0.15) is 11.5 Å². The molecule has 0 aliphatic carbocycles. The first kappa shape index (κ1) is 31.5. The Hall–Kier alpha value is -3.47. The fraction of sp³-hybridized carbons (Fsp3) is 0.438. The van der Waals surface area contributed by atoms with E-state index in [0.717, 1.165) is 11.1 Å². The number of hydrogen-bond donors (Lipinski definition) is 1. The van der Waals surface area contributed by atoms with Crippen LogP contribution in [0, 0.1) is 0 Å². The van der Waals surface area contributed by atoms with Crippen molar-refractivity contribution in [3.63, 3.8) is 0 Å². The van der Waals surface area contributed by atoms with Gasteiger partial charge in [-0.2, -0.15) is 0 Å². The lowest BCUT2D eigenvalue weighted by molar-refractivity contribution is 0.0434. The minimum Gasteiger partial charge on any atom is -0.493 e. The summed E-state index contributed by atoms with van der Waals surface area (Å²) in [6.45, 7) is 2.29. The van der Waals surface area contributed by atoms with Gasteiger partial charge in [0.25, 0.3) is 0 Å². The number of sulfone groups is 1. The normalized spacial score (nSPS) is 16.7. The van der Waals surface area contributed by atoms with Crippen LogP contribution in [0.4, 0.5) is 0 Å². The Morgan fingerprint density at radius 2 is 1.45 bits per heavy atom. The lowest BCUT2D eigenvalue weighted by Crippen LogP contribution is -2.13. The van der Waals surface area contributed by atoms with E-state index in [0.29, 0.717) is 54.4 Å². The summed E-state index contributed by atoms with van der Waals surface area (Å²) in [6.07, 6.45) is 1.50. The summed E-state index contributed by atoms with van der Waals surface area (Å²) in [5, 5.41) is 9.36. The summed E-state index contributed by atoms with van der Waals surface area (Å²) in [5.41, 5.74) is 2.49. The van der Waals surface area contributed by atoms with E-state index in [1.807, 2.05) is 55.5 Å². The largest absolute Gasteiger partial charge is 0.493 e. The van der Waals surface area contributed by atoms with Gasteiger partial charge >= 0.3 is 0 Å². The van der Waals surface area contributed by atoms with Crippen molar-refractivity contribution in [3.8, 4) is 28.7 Å². The van der Waals surface area contributed by atoms with E-state index < -0.39 is 9.84 Å². The van der Waals surface area contributed by atoms with E-state index in [9.17, 15) is 13.5 Å². The van der Waals surface area contributed by atoms with Crippen LogP contribution >= 0.6 is 0 Å². The molecule has 42 heavy (non-hydrogen) atoms. The number of methoxy groups -OCH3 is 3. The zero-order chi connectivity index (χ0) is 30.1. The topological polar surface area (TPSA) is 110 Å². The molecule has 1 heterocycles. The molecule has 1 saturated heterocycles. The molecule has 0 saturated carbocycles. The van der Waals surface area contributed by atoms with Crippen molar-refractivity contribution in [1.82, 2.24) is 0 Å². The van der Waals surface area contributed by atoms with Crippen LogP contribution in [0.15, 0.2) is 59.5 Å². The van der Waals surface area contributed by atoms with Gasteiger partial charge in [-0.1, -0.05) is 37.3 Å². The Labute approximate surface area is 248 Å². The minimum atomic E-state index is -3.80. The van der Waals surface area contributed by atoms with Crippen molar-refractivity contribution < 1.29 is 41.9 Å². The highest BCUT2D eigenvalue weighted by atomic mass is 32.2. The quantitative estimate of drug-likeness (QED) is 0.230. The standard InChI is InChI=1S/C32H40O9S/c1-5-15-39-32-29(40-21-22-10-7-6-8-11-22)19-24(20-30(32)42(34,35)16-9-14-33)26-13-12-25(41-26)23-17-27(36-2)31(38-4)28(18-23)37-3/h6-8,10-11,17-20,25-26,33H,5,9,12-16,21H2,1-4H3. The fourth-order valence-electron chi connectivity index (χ4n) is 4.98. The fourth-order valence-corrected chi connectivity index (χ4v) is 6.47. The van der Waals surface area contributed by atoms with E-state index in [2.05, 4.69) is 0 Å². The Morgan fingerprint density at radius 3 is 2.02 bits per heavy atom. The molecule has 0 bridgehead atoms. The van der Waals surface area contributed by atoms with Crippen molar-refractivity contribution in [2.75, 3.05) is 40.3 Å². The number of rotatable bonds is 15. The highest BCUT2D eigenvalue weighted by Gasteiger charge is 2.33. The zero-order valence-electron chi connectivity index (χ0n) is 24.6. The summed E-state index contributed by atoms with van der Waals surface area (Å²) < 4.78 is 62.3. The highest BCUT2D eigenvalue weighted by Crippen LogP contribution is 2.48. The predicted molar refractivity (Wildman–Crippen MR) is 159 cm³/mol. The molecule has 2 unspecified atom stereocenters. The van der Waals surface area contributed by atoms with Crippen LogP contribution < -0.4 is 23.7 Å². The molecular weight excluding hydrogens is 560 g/mol. The maximum Gasteiger partial charge on any atom is 0.203 e. The average Bonchev–Trinajstić information content (AvgIpc) is 3.52. The van der Waals surface area contributed by atoms with Crippen molar-refractivity contribution in [1.29, 1.82) is 0 Å². The molecule has 1 N–H and O–H groups in total. The van der Waals surface area contributed by atoms with Gasteiger partial charge in [-0.3, -0.25) is 0 Å². The maximum atomic E-state index is 13.5. The molecule has 0 spiro atoms. The third kappa shape index (κ3) is 7.29. The maximum absolute atomic E-state index is 13.5. The molecule has 1 aliphatic heterocycles. The number of hydrogen-bond acceptors (Lipinski definition) is 9. The smallest absolute Gasteiger partial charge is 0.203 e. The molecule has 3 aromatic carbocycles. The molecular formula is C32H40O9S. The van der Waals surface area contributed by atoms with Crippen LogP contribution in [-0.4, -0.2) is 53.8 Å². The van der Waals surface area contributed by atoms with Crippen molar-refractivity contribution in [2.24, 2.45) is 0 Å². The van der Waals surface area contributed by atoms with E-state index in [4.69, 9.17) is 28.4 Å². The van der Waals surface area contributed by atoms with Crippen LogP contribution in [0.5, 0.6) is 28.7 Å². The molecule has 1 fully saturated rings. The second-order valence-electron chi connectivity index (χ2n) is 10.0. The number of ether oxygens (including phenoxy) is 6. The number of benzene rings is 3. The van der Waals surface area contributed by atoms with Crippen molar-refractivity contribution in [3.05, 3.63) is 71.3 Å². The Morgan fingerprint density at radius 1 is 0.833 bits per heavy atom. The van der Waals surface area contributed by atoms with Gasteiger partial charge in [-0.05, 0) is 66.6 Å². The zero-order valence-corrected chi connectivity index (χ0v) is 25.4. The summed E-state index contributed by atoms with van der Waals surface area (Å²) in [4.78, 5) is 0.0461. The van der Waals surface area contributed by atoms with Gasteiger partial charge in [0.15, 0.2) is 32.8 Å². The molecule has 10 heteroatoms. The third-order valence-corrected chi connectivity index (χ3v) is 8.89. The first-order valence-electron chi connectivity index (χ1n) is 14.1. The van der Waals surface area contributed by atoms with Gasteiger partial charge in [0.2, 0.25) is 5.75 Å². The lowest BCUT2D eigenvalue weighted by atomic mass is 10.0. The van der Waals surface area contributed by atoms with E-state index in [-0.39, 0.29) is 48.2 Å².